The maximum Gasteiger partial charge on any atom is 0.410 e. The van der Waals surface area contributed by atoms with E-state index in [1.54, 1.807) is 18.7 Å². The van der Waals surface area contributed by atoms with Gasteiger partial charge < -0.3 is 14.0 Å². The third-order valence-corrected chi connectivity index (χ3v) is 5.59. The minimum absolute atomic E-state index is 0.0467. The molecule has 28 heavy (non-hydrogen) atoms. The fraction of sp³-hybridized carbons (Fsp3) is 0.476. The van der Waals surface area contributed by atoms with Gasteiger partial charge in [-0.2, -0.15) is 0 Å². The molecule has 1 amide bonds. The molecule has 2 unspecified atom stereocenters. The average Bonchev–Trinajstić information content (AvgIpc) is 3.03. The zero-order valence-corrected chi connectivity index (χ0v) is 16.1. The Morgan fingerprint density at radius 1 is 1.14 bits per heavy atom. The van der Waals surface area contributed by atoms with Crippen molar-refractivity contribution in [1.82, 2.24) is 10.1 Å². The van der Waals surface area contributed by atoms with Gasteiger partial charge in [0.25, 0.3) is 0 Å². The number of aromatic nitrogens is 1. The van der Waals surface area contributed by atoms with Gasteiger partial charge in [0.2, 0.25) is 0 Å². The summed E-state index contributed by atoms with van der Waals surface area (Å²) in [6.45, 7) is 4.61. The normalized spacial score (nSPS) is 24.1. The van der Waals surface area contributed by atoms with Gasteiger partial charge >= 0.3 is 6.09 Å². The molecule has 1 aromatic carbocycles. The first kappa shape index (κ1) is 18.7. The van der Waals surface area contributed by atoms with E-state index in [-0.39, 0.29) is 36.5 Å². The molecule has 2 aliphatic heterocycles. The van der Waals surface area contributed by atoms with Crippen molar-refractivity contribution < 1.29 is 23.6 Å². The highest BCUT2D eigenvalue weighted by Crippen LogP contribution is 2.35. The number of rotatable bonds is 4. The molecule has 0 N–H and O–H groups in total. The molecule has 2 saturated heterocycles. The first-order chi connectivity index (χ1) is 13.5. The van der Waals surface area contributed by atoms with Gasteiger partial charge in [-0.1, -0.05) is 35.5 Å². The van der Waals surface area contributed by atoms with E-state index in [4.69, 9.17) is 14.0 Å². The van der Waals surface area contributed by atoms with Crippen molar-refractivity contribution >= 4 is 11.9 Å². The summed E-state index contributed by atoms with van der Waals surface area (Å²) in [6, 6.07) is 9.27. The van der Waals surface area contributed by atoms with Crippen LogP contribution in [0, 0.1) is 19.8 Å². The average molecular weight is 384 g/mol. The highest BCUT2D eigenvalue weighted by Gasteiger charge is 2.45. The van der Waals surface area contributed by atoms with E-state index in [1.807, 2.05) is 30.3 Å². The molecule has 148 valence electrons. The largest absolute Gasteiger partial charge is 0.445 e. The van der Waals surface area contributed by atoms with E-state index in [0.29, 0.717) is 43.1 Å². The lowest BCUT2D eigenvalue weighted by Crippen LogP contribution is -2.60. The van der Waals surface area contributed by atoms with Crippen LogP contribution in [0.15, 0.2) is 34.9 Å². The minimum atomic E-state index is -0.342. The minimum Gasteiger partial charge on any atom is -0.445 e. The Balaban J connectivity index is 1.45. The summed E-state index contributed by atoms with van der Waals surface area (Å²) >= 11 is 0. The quantitative estimate of drug-likeness (QED) is 0.753. The van der Waals surface area contributed by atoms with Crippen LogP contribution in [-0.4, -0.2) is 47.2 Å². The van der Waals surface area contributed by atoms with Crippen LogP contribution in [-0.2, 0) is 16.1 Å². The summed E-state index contributed by atoms with van der Waals surface area (Å²) in [5.41, 5.74) is 2.14. The predicted molar refractivity (Wildman–Crippen MR) is 99.9 cm³/mol. The predicted octanol–water partition coefficient (Wildman–Crippen LogP) is 3.29. The summed E-state index contributed by atoms with van der Waals surface area (Å²) in [4.78, 5) is 27.5. The highest BCUT2D eigenvalue weighted by molar-refractivity contribution is 5.99. The van der Waals surface area contributed by atoms with E-state index in [1.165, 1.54) is 0 Å². The van der Waals surface area contributed by atoms with Crippen molar-refractivity contribution in [3.8, 4) is 0 Å². The van der Waals surface area contributed by atoms with E-state index in [0.717, 1.165) is 5.56 Å². The van der Waals surface area contributed by atoms with E-state index < -0.39 is 0 Å². The Kier molecular flexibility index (Phi) is 5.17. The van der Waals surface area contributed by atoms with Gasteiger partial charge in [0.1, 0.15) is 12.4 Å². The Hall–Kier alpha value is -2.67. The SMILES string of the molecule is Cc1noc(C)c1C(=O)C1CC2COCC(C1)N2C(=O)OCc1ccccc1. The van der Waals surface area contributed by atoms with Crippen LogP contribution in [0.4, 0.5) is 4.79 Å². The highest BCUT2D eigenvalue weighted by atomic mass is 16.6. The van der Waals surface area contributed by atoms with Gasteiger partial charge in [0, 0.05) is 5.92 Å². The number of morpholine rings is 1. The van der Waals surface area contributed by atoms with Gasteiger partial charge in [-0.15, -0.1) is 0 Å². The number of ether oxygens (including phenoxy) is 2. The molecule has 0 radical (unpaired) electrons. The third-order valence-electron chi connectivity index (χ3n) is 5.59. The Morgan fingerprint density at radius 2 is 1.82 bits per heavy atom. The van der Waals surface area contributed by atoms with Crippen molar-refractivity contribution in [2.45, 2.75) is 45.4 Å². The van der Waals surface area contributed by atoms with Crippen LogP contribution >= 0.6 is 0 Å². The first-order valence-corrected chi connectivity index (χ1v) is 9.58. The Bertz CT molecular complexity index is 829. The first-order valence-electron chi connectivity index (χ1n) is 9.58. The summed E-state index contributed by atoms with van der Waals surface area (Å²) < 4.78 is 16.3. The summed E-state index contributed by atoms with van der Waals surface area (Å²) in [6.07, 6.45) is 0.769. The van der Waals surface area contributed by atoms with E-state index >= 15 is 0 Å². The summed E-state index contributed by atoms with van der Waals surface area (Å²) in [5, 5.41) is 3.90. The standard InChI is InChI=1S/C21H24N2O5/c1-13-19(14(2)28-22-13)20(24)16-8-17-11-26-12-18(9-16)23(17)21(25)27-10-15-6-4-3-5-7-15/h3-7,16-18H,8-12H2,1-2H3. The van der Waals surface area contributed by atoms with Crippen LogP contribution in [0.5, 0.6) is 0 Å². The third kappa shape index (κ3) is 3.54. The van der Waals surface area contributed by atoms with Crippen molar-refractivity contribution in [2.75, 3.05) is 13.2 Å². The maximum absolute atomic E-state index is 13.0. The molecule has 0 spiro atoms. The second-order valence-corrected chi connectivity index (χ2v) is 7.52. The van der Waals surface area contributed by atoms with Gasteiger partial charge in [0.15, 0.2) is 5.78 Å². The molecule has 2 aromatic rings. The lowest BCUT2D eigenvalue weighted by atomic mass is 9.80. The van der Waals surface area contributed by atoms with Crippen LogP contribution in [0.1, 0.15) is 40.2 Å². The van der Waals surface area contributed by atoms with Crippen LogP contribution in [0.3, 0.4) is 0 Å². The number of nitrogens with zero attached hydrogens (tertiary/aromatic N) is 2. The van der Waals surface area contributed by atoms with Gasteiger partial charge in [-0.25, -0.2) is 4.79 Å². The zero-order chi connectivity index (χ0) is 19.7. The number of fused-ring (bicyclic) bond motifs is 2. The number of Topliss-reactive ketones (excluding diaryl/α,β-unsaturated/α-hetero) is 1. The van der Waals surface area contributed by atoms with Crippen molar-refractivity contribution in [3.63, 3.8) is 0 Å². The number of carbonyl (C=O) groups excluding carboxylic acids is 2. The number of aryl methyl sites for hydroxylation is 2. The van der Waals surface area contributed by atoms with E-state index in [9.17, 15) is 9.59 Å². The zero-order valence-electron chi connectivity index (χ0n) is 16.1. The monoisotopic (exact) mass is 384 g/mol. The van der Waals surface area contributed by atoms with Crippen LogP contribution < -0.4 is 0 Å². The molecular weight excluding hydrogens is 360 g/mol. The molecule has 3 heterocycles. The molecule has 0 saturated carbocycles. The molecule has 2 bridgehead atoms. The molecular formula is C21H24N2O5. The van der Waals surface area contributed by atoms with Crippen LogP contribution in [0.25, 0.3) is 0 Å². The number of carbonyl (C=O) groups is 2. The number of ketones is 1. The fourth-order valence-corrected chi connectivity index (χ4v) is 4.26. The molecule has 1 aromatic heterocycles. The number of hydrogen-bond donors (Lipinski definition) is 0. The van der Waals surface area contributed by atoms with Crippen molar-refractivity contribution in [3.05, 3.63) is 52.9 Å². The number of hydrogen-bond acceptors (Lipinski definition) is 6. The summed E-state index contributed by atoms with van der Waals surface area (Å²) in [7, 11) is 0. The van der Waals surface area contributed by atoms with Gasteiger partial charge in [0.05, 0.1) is 36.6 Å². The molecule has 7 heteroatoms. The second-order valence-electron chi connectivity index (χ2n) is 7.52. The lowest BCUT2D eigenvalue weighted by molar-refractivity contribution is -0.0755. The Morgan fingerprint density at radius 3 is 2.43 bits per heavy atom. The number of benzene rings is 1. The van der Waals surface area contributed by atoms with Crippen molar-refractivity contribution in [2.24, 2.45) is 5.92 Å². The molecule has 4 rings (SSSR count). The number of piperidine rings is 1. The van der Waals surface area contributed by atoms with Gasteiger partial charge in [-0.3, -0.25) is 9.69 Å². The van der Waals surface area contributed by atoms with Gasteiger partial charge in [-0.05, 0) is 32.3 Å². The Labute approximate surface area is 163 Å². The molecule has 2 atom stereocenters. The van der Waals surface area contributed by atoms with Crippen molar-refractivity contribution in [1.29, 1.82) is 0 Å². The molecule has 0 aliphatic carbocycles. The molecule has 2 aliphatic rings. The maximum atomic E-state index is 13.0. The fourth-order valence-electron chi connectivity index (χ4n) is 4.26. The smallest absolute Gasteiger partial charge is 0.410 e. The number of amides is 1. The van der Waals surface area contributed by atoms with Crippen LogP contribution in [0.2, 0.25) is 0 Å². The topological polar surface area (TPSA) is 81.9 Å². The molecule has 7 nitrogen and oxygen atoms in total. The molecule has 2 fully saturated rings. The summed E-state index contributed by atoms with van der Waals surface area (Å²) in [5.74, 6) is 0.424. The second kappa shape index (κ2) is 7.75. The lowest BCUT2D eigenvalue weighted by Gasteiger charge is -2.47. The van der Waals surface area contributed by atoms with E-state index in [2.05, 4.69) is 5.16 Å².